The predicted molar refractivity (Wildman–Crippen MR) is 114 cm³/mol. The maximum absolute atomic E-state index is 12.6. The van der Waals surface area contributed by atoms with Crippen LogP contribution in [0.15, 0.2) is 27.4 Å². The summed E-state index contributed by atoms with van der Waals surface area (Å²) in [7, 11) is 0. The standard InChI is InChI=1S/C24H30N2O4/c1-14-6-19-16(9-24(29)30-22(19)7-15(14)2)10-25-11-17-8-18(12-25)21(13-27)26-20(17)4-3-5-23(26)28/h6-7,9,17-18,20-21,27H,3-5,8,10-13H2,1-2H3/t17-,18+,20+,21+/m1/s1. The van der Waals surface area contributed by atoms with Gasteiger partial charge in [-0.3, -0.25) is 9.69 Å². The topological polar surface area (TPSA) is 74.0 Å². The Bertz CT molecular complexity index is 1030. The lowest BCUT2D eigenvalue weighted by molar-refractivity contribution is -0.155. The van der Waals surface area contributed by atoms with Gasteiger partial charge in [0.05, 0.1) is 12.6 Å². The molecule has 4 heterocycles. The highest BCUT2D eigenvalue weighted by Crippen LogP contribution is 2.42. The molecule has 0 aliphatic carbocycles. The van der Waals surface area contributed by atoms with Crippen molar-refractivity contribution in [1.82, 2.24) is 9.80 Å². The van der Waals surface area contributed by atoms with Crippen LogP contribution in [-0.4, -0.2) is 52.6 Å². The number of hydrogen-bond donors (Lipinski definition) is 1. The van der Waals surface area contributed by atoms with Crippen LogP contribution in [0.25, 0.3) is 11.0 Å². The van der Waals surface area contributed by atoms with Crippen molar-refractivity contribution >= 4 is 16.9 Å². The second kappa shape index (κ2) is 7.50. The van der Waals surface area contributed by atoms with Crippen molar-refractivity contribution in [3.05, 3.63) is 45.3 Å². The van der Waals surface area contributed by atoms with Crippen LogP contribution in [0.5, 0.6) is 0 Å². The zero-order valence-electron chi connectivity index (χ0n) is 17.8. The molecule has 2 aromatic rings. The predicted octanol–water partition coefficient (Wildman–Crippen LogP) is 2.60. The Morgan fingerprint density at radius 1 is 1.10 bits per heavy atom. The van der Waals surface area contributed by atoms with E-state index in [1.54, 1.807) is 6.07 Å². The molecule has 3 aliphatic rings. The molecule has 3 saturated heterocycles. The number of likely N-dealkylation sites (tertiary alicyclic amines) is 1. The third kappa shape index (κ3) is 3.26. The van der Waals surface area contributed by atoms with Crippen molar-refractivity contribution in [3.8, 4) is 0 Å². The van der Waals surface area contributed by atoms with Crippen LogP contribution in [0.3, 0.4) is 0 Å². The van der Waals surface area contributed by atoms with Gasteiger partial charge in [0.25, 0.3) is 0 Å². The van der Waals surface area contributed by atoms with Crippen molar-refractivity contribution in [1.29, 1.82) is 0 Å². The Labute approximate surface area is 176 Å². The second-order valence-electron chi connectivity index (χ2n) is 9.48. The summed E-state index contributed by atoms with van der Waals surface area (Å²) >= 11 is 0. The van der Waals surface area contributed by atoms with Gasteiger partial charge >= 0.3 is 5.63 Å². The van der Waals surface area contributed by atoms with Crippen LogP contribution in [0.4, 0.5) is 0 Å². The van der Waals surface area contributed by atoms with Crippen LogP contribution >= 0.6 is 0 Å². The molecular formula is C24H30N2O4. The van der Waals surface area contributed by atoms with Crippen molar-refractivity contribution in [2.24, 2.45) is 11.8 Å². The molecule has 3 fully saturated rings. The van der Waals surface area contributed by atoms with E-state index in [2.05, 4.69) is 17.9 Å². The van der Waals surface area contributed by atoms with Crippen molar-refractivity contribution in [2.75, 3.05) is 19.7 Å². The summed E-state index contributed by atoms with van der Waals surface area (Å²) < 4.78 is 5.47. The molecule has 6 heteroatoms. The summed E-state index contributed by atoms with van der Waals surface area (Å²) in [6, 6.07) is 5.86. The molecule has 5 rings (SSSR count). The second-order valence-corrected chi connectivity index (χ2v) is 9.48. The van der Waals surface area contributed by atoms with Crippen LogP contribution in [-0.2, 0) is 11.3 Å². The van der Waals surface area contributed by atoms with Crippen LogP contribution in [0.1, 0.15) is 42.4 Å². The summed E-state index contributed by atoms with van der Waals surface area (Å²) in [4.78, 5) is 29.2. The van der Waals surface area contributed by atoms with Crippen molar-refractivity contribution in [3.63, 3.8) is 0 Å². The first-order valence-electron chi connectivity index (χ1n) is 11.1. The average Bonchev–Trinajstić information content (AvgIpc) is 2.70. The minimum atomic E-state index is -0.310. The molecule has 0 unspecified atom stereocenters. The molecule has 1 aromatic carbocycles. The Morgan fingerprint density at radius 3 is 2.67 bits per heavy atom. The van der Waals surface area contributed by atoms with Gasteiger partial charge in [-0.05, 0) is 73.8 Å². The fraction of sp³-hybridized carbons (Fsp3) is 0.583. The van der Waals surface area contributed by atoms with Crippen molar-refractivity contribution in [2.45, 2.75) is 58.2 Å². The van der Waals surface area contributed by atoms with Gasteiger partial charge in [0.2, 0.25) is 5.91 Å². The van der Waals surface area contributed by atoms with Gasteiger partial charge in [-0.1, -0.05) is 0 Å². The first-order chi connectivity index (χ1) is 14.4. The number of nitrogens with zero attached hydrogens (tertiary/aromatic N) is 2. The van der Waals surface area contributed by atoms with E-state index in [0.29, 0.717) is 24.5 Å². The summed E-state index contributed by atoms with van der Waals surface area (Å²) in [5.74, 6) is 0.930. The molecule has 6 nitrogen and oxygen atoms in total. The van der Waals surface area contributed by atoms with E-state index in [1.165, 1.54) is 5.56 Å². The van der Waals surface area contributed by atoms with Gasteiger partial charge in [0.1, 0.15) is 5.58 Å². The number of benzene rings is 1. The number of aryl methyl sites for hydroxylation is 2. The fourth-order valence-corrected chi connectivity index (χ4v) is 6.09. The molecule has 160 valence electrons. The van der Waals surface area contributed by atoms with E-state index in [-0.39, 0.29) is 36.1 Å². The highest BCUT2D eigenvalue weighted by Gasteiger charge is 2.49. The van der Waals surface area contributed by atoms with Gasteiger partial charge in [-0.2, -0.15) is 0 Å². The number of aliphatic hydroxyl groups is 1. The molecular weight excluding hydrogens is 380 g/mol. The van der Waals surface area contributed by atoms with E-state index in [4.69, 9.17) is 4.42 Å². The van der Waals surface area contributed by atoms with Gasteiger partial charge in [0.15, 0.2) is 0 Å². The van der Waals surface area contributed by atoms with Crippen LogP contribution < -0.4 is 5.63 Å². The lowest BCUT2D eigenvalue weighted by Crippen LogP contribution is -2.65. The summed E-state index contributed by atoms with van der Waals surface area (Å²) in [6.45, 7) is 6.59. The van der Waals surface area contributed by atoms with Crippen LogP contribution in [0.2, 0.25) is 0 Å². The van der Waals surface area contributed by atoms with E-state index < -0.39 is 0 Å². The third-order valence-electron chi connectivity index (χ3n) is 7.60. The Kier molecular flexibility index (Phi) is 4.94. The lowest BCUT2D eigenvalue weighted by atomic mass is 9.72. The summed E-state index contributed by atoms with van der Waals surface area (Å²) in [5, 5.41) is 11.1. The highest BCUT2D eigenvalue weighted by atomic mass is 16.4. The van der Waals surface area contributed by atoms with Gasteiger partial charge in [-0.15, -0.1) is 0 Å². The Balaban J connectivity index is 1.45. The molecule has 0 saturated carbocycles. The molecule has 0 spiro atoms. The number of rotatable bonds is 3. The zero-order chi connectivity index (χ0) is 21.0. The first-order valence-corrected chi connectivity index (χ1v) is 11.1. The molecule has 1 N–H and O–H groups in total. The average molecular weight is 411 g/mol. The quantitative estimate of drug-likeness (QED) is 0.788. The lowest BCUT2D eigenvalue weighted by Gasteiger charge is -2.56. The third-order valence-corrected chi connectivity index (χ3v) is 7.60. The molecule has 1 aromatic heterocycles. The number of aliphatic hydroxyl groups excluding tert-OH is 1. The maximum atomic E-state index is 12.6. The molecule has 3 aliphatic heterocycles. The molecule has 2 bridgehead atoms. The highest BCUT2D eigenvalue weighted by molar-refractivity contribution is 5.82. The van der Waals surface area contributed by atoms with E-state index in [9.17, 15) is 14.7 Å². The maximum Gasteiger partial charge on any atom is 0.336 e. The molecule has 4 atom stereocenters. The summed E-state index contributed by atoms with van der Waals surface area (Å²) in [5.41, 5.74) is 3.64. The largest absolute Gasteiger partial charge is 0.423 e. The Morgan fingerprint density at radius 2 is 1.87 bits per heavy atom. The van der Waals surface area contributed by atoms with E-state index in [1.807, 2.05) is 17.9 Å². The number of amides is 1. The molecule has 0 radical (unpaired) electrons. The molecule has 1 amide bonds. The monoisotopic (exact) mass is 410 g/mol. The van der Waals surface area contributed by atoms with E-state index >= 15 is 0 Å². The minimum Gasteiger partial charge on any atom is -0.423 e. The fourth-order valence-electron chi connectivity index (χ4n) is 6.09. The van der Waals surface area contributed by atoms with Crippen LogP contribution in [0, 0.1) is 25.7 Å². The first kappa shape index (κ1) is 19.8. The number of fused-ring (bicyclic) bond motifs is 5. The normalized spacial score (nSPS) is 29.3. The van der Waals surface area contributed by atoms with E-state index in [0.717, 1.165) is 48.9 Å². The van der Waals surface area contributed by atoms with Crippen molar-refractivity contribution < 1.29 is 14.3 Å². The SMILES string of the molecule is Cc1cc2oc(=O)cc(CN3C[C@H]4C[C@@H](C3)[C@H](CO)N3C(=O)CCC[C@@H]43)c2cc1C. The molecule has 30 heavy (non-hydrogen) atoms. The number of carbonyl (C=O) groups is 1. The Hall–Kier alpha value is -2.18. The smallest absolute Gasteiger partial charge is 0.336 e. The summed E-state index contributed by atoms with van der Waals surface area (Å²) in [6.07, 6.45) is 3.67. The number of piperidine rings is 3. The minimum absolute atomic E-state index is 0.0315. The van der Waals surface area contributed by atoms with Gasteiger partial charge < -0.3 is 14.4 Å². The number of carbonyl (C=O) groups excluding carboxylic acids is 1. The van der Waals surface area contributed by atoms with Gasteiger partial charge in [-0.25, -0.2) is 4.79 Å². The number of hydrogen-bond acceptors (Lipinski definition) is 5. The zero-order valence-corrected chi connectivity index (χ0v) is 17.8. The van der Waals surface area contributed by atoms with Gasteiger partial charge in [0, 0.05) is 43.5 Å².